The van der Waals surface area contributed by atoms with Gasteiger partial charge in [-0.15, -0.1) is 0 Å². The molecule has 0 saturated carbocycles. The largest absolute Gasteiger partial charge is 0.344 e. The van der Waals surface area contributed by atoms with Gasteiger partial charge in [-0.05, 0) is 0 Å². The topological polar surface area (TPSA) is 37.3 Å². The maximum Gasteiger partial charge on any atom is 0.197 e. The number of hydrogen-bond acceptors (Lipinski definition) is 1. The second kappa shape index (κ2) is 3.83. The van der Waals surface area contributed by atoms with Gasteiger partial charge in [0.15, 0.2) is 7.37 Å². The molecular weight excluding hydrogens is 283 g/mol. The standard InChI is InChI=1S/C3H9O2P.W/c1-3-6(2,4)5;/h3H2,1-2H3,(H,4,5);. The van der Waals surface area contributed by atoms with Gasteiger partial charge in [-0.3, -0.25) is 4.57 Å². The van der Waals surface area contributed by atoms with Crippen molar-refractivity contribution in [2.24, 2.45) is 0 Å². The van der Waals surface area contributed by atoms with E-state index < -0.39 is 7.37 Å². The number of hydrogen-bond donors (Lipinski definition) is 1. The smallest absolute Gasteiger partial charge is 0.197 e. The van der Waals surface area contributed by atoms with Gasteiger partial charge in [0.25, 0.3) is 0 Å². The van der Waals surface area contributed by atoms with Crippen LogP contribution in [0.5, 0.6) is 0 Å². The van der Waals surface area contributed by atoms with Crippen molar-refractivity contribution >= 4 is 7.37 Å². The van der Waals surface area contributed by atoms with Crippen LogP contribution < -0.4 is 0 Å². The first-order valence-electron chi connectivity index (χ1n) is 1.85. The van der Waals surface area contributed by atoms with E-state index in [1.165, 1.54) is 6.66 Å². The quantitative estimate of drug-likeness (QED) is 0.729. The summed E-state index contributed by atoms with van der Waals surface area (Å²) >= 11 is 0. The van der Waals surface area contributed by atoms with E-state index in [-0.39, 0.29) is 21.1 Å². The van der Waals surface area contributed by atoms with E-state index in [4.69, 9.17) is 4.89 Å². The fourth-order valence-corrected chi connectivity index (χ4v) is 0. The van der Waals surface area contributed by atoms with Gasteiger partial charge in [-0.2, -0.15) is 0 Å². The molecule has 0 heterocycles. The normalized spacial score (nSPS) is 17.0. The Morgan fingerprint density at radius 1 is 1.71 bits per heavy atom. The molecule has 0 aromatic carbocycles. The summed E-state index contributed by atoms with van der Waals surface area (Å²) in [6.07, 6.45) is 0.382. The number of rotatable bonds is 1. The molecule has 44 valence electrons. The van der Waals surface area contributed by atoms with Crippen molar-refractivity contribution in [2.75, 3.05) is 12.8 Å². The summed E-state index contributed by atoms with van der Waals surface area (Å²) in [5.41, 5.74) is 0. The van der Waals surface area contributed by atoms with E-state index in [1.54, 1.807) is 6.92 Å². The van der Waals surface area contributed by atoms with Crippen LogP contribution in [-0.2, 0) is 25.6 Å². The Kier molecular flexibility index (Phi) is 5.90. The third-order valence-electron chi connectivity index (χ3n) is 0.587. The van der Waals surface area contributed by atoms with Crippen LogP contribution in [0.25, 0.3) is 0 Å². The Bertz CT molecular complexity index is 77.0. The van der Waals surface area contributed by atoms with Gasteiger partial charge in [-0.25, -0.2) is 0 Å². The molecule has 7 heavy (non-hydrogen) atoms. The molecular formula is C3H9O2PW. The summed E-state index contributed by atoms with van der Waals surface area (Å²) < 4.78 is 10.1. The first kappa shape index (κ1) is 10.8. The summed E-state index contributed by atoms with van der Waals surface area (Å²) in [4.78, 5) is 8.38. The van der Waals surface area contributed by atoms with Crippen LogP contribution in [-0.4, -0.2) is 17.7 Å². The van der Waals surface area contributed by atoms with Crippen molar-refractivity contribution in [1.82, 2.24) is 0 Å². The van der Waals surface area contributed by atoms with Gasteiger partial charge in [-0.1, -0.05) is 6.92 Å². The fraction of sp³-hybridized carbons (Fsp3) is 1.00. The van der Waals surface area contributed by atoms with E-state index in [0.717, 1.165) is 0 Å². The summed E-state index contributed by atoms with van der Waals surface area (Å²) in [5, 5.41) is 0. The van der Waals surface area contributed by atoms with Crippen LogP contribution in [0, 0.1) is 0 Å². The molecule has 1 N–H and O–H groups in total. The van der Waals surface area contributed by atoms with Crippen molar-refractivity contribution in [3.63, 3.8) is 0 Å². The first-order valence-corrected chi connectivity index (χ1v) is 4.15. The zero-order valence-electron chi connectivity index (χ0n) is 4.42. The van der Waals surface area contributed by atoms with Crippen LogP contribution in [0.3, 0.4) is 0 Å². The van der Waals surface area contributed by atoms with E-state index >= 15 is 0 Å². The first-order chi connectivity index (χ1) is 2.56. The maximum absolute atomic E-state index is 10.1. The van der Waals surface area contributed by atoms with Gasteiger partial charge in [0, 0.05) is 33.9 Å². The predicted molar refractivity (Wildman–Crippen MR) is 26.3 cm³/mol. The molecule has 1 unspecified atom stereocenters. The van der Waals surface area contributed by atoms with Gasteiger partial charge in [0.05, 0.1) is 0 Å². The average Bonchev–Trinajstić information content (AvgIpc) is 1.35. The van der Waals surface area contributed by atoms with Crippen LogP contribution in [0.15, 0.2) is 0 Å². The molecule has 0 aromatic rings. The second-order valence-electron chi connectivity index (χ2n) is 1.37. The van der Waals surface area contributed by atoms with Crippen molar-refractivity contribution in [2.45, 2.75) is 6.92 Å². The molecule has 0 amide bonds. The zero-order chi connectivity index (χ0) is 5.21. The SMILES string of the molecule is CCP(C)(=O)O.[W]. The predicted octanol–water partition coefficient (Wildman–Crippen LogP) is 0.904. The Hall–Kier alpha value is 0.878. The summed E-state index contributed by atoms with van der Waals surface area (Å²) in [7, 11) is -2.65. The minimum Gasteiger partial charge on any atom is -0.344 e. The third kappa shape index (κ3) is 10.9. The minimum atomic E-state index is -2.65. The van der Waals surface area contributed by atoms with Gasteiger partial charge in [0.1, 0.15) is 0 Å². The second-order valence-corrected chi connectivity index (χ2v) is 4.10. The summed E-state index contributed by atoms with van der Waals surface area (Å²) in [6.45, 7) is 3.05. The van der Waals surface area contributed by atoms with Crippen LogP contribution in [0.1, 0.15) is 6.92 Å². The Balaban J connectivity index is 0. The van der Waals surface area contributed by atoms with Gasteiger partial charge >= 0.3 is 0 Å². The molecule has 0 aliphatic rings. The summed E-state index contributed by atoms with van der Waals surface area (Å²) in [6, 6.07) is 0. The third-order valence-corrected chi connectivity index (χ3v) is 1.76. The molecule has 0 bridgehead atoms. The van der Waals surface area contributed by atoms with E-state index in [0.29, 0.717) is 6.16 Å². The summed E-state index contributed by atoms with van der Waals surface area (Å²) in [5.74, 6) is 0. The van der Waals surface area contributed by atoms with E-state index in [9.17, 15) is 4.57 Å². The molecule has 0 aromatic heterocycles. The van der Waals surface area contributed by atoms with Crippen LogP contribution >= 0.6 is 7.37 Å². The molecule has 0 radical (unpaired) electrons. The minimum absolute atomic E-state index is 0. The van der Waals surface area contributed by atoms with Crippen molar-refractivity contribution in [3.05, 3.63) is 0 Å². The molecule has 0 fully saturated rings. The molecule has 0 aliphatic carbocycles. The molecule has 0 aliphatic heterocycles. The monoisotopic (exact) mass is 292 g/mol. The van der Waals surface area contributed by atoms with E-state index in [2.05, 4.69) is 0 Å². The Labute approximate surface area is 58.0 Å². The molecule has 0 rings (SSSR count). The molecule has 2 nitrogen and oxygen atoms in total. The molecule has 1 atom stereocenters. The maximum atomic E-state index is 10.1. The van der Waals surface area contributed by atoms with Gasteiger partial charge < -0.3 is 4.89 Å². The molecule has 4 heteroatoms. The van der Waals surface area contributed by atoms with E-state index in [1.807, 2.05) is 0 Å². The van der Waals surface area contributed by atoms with Crippen molar-refractivity contribution in [1.29, 1.82) is 0 Å². The van der Waals surface area contributed by atoms with Crippen LogP contribution in [0.2, 0.25) is 0 Å². The van der Waals surface area contributed by atoms with Crippen molar-refractivity contribution in [3.8, 4) is 0 Å². The molecule has 0 spiro atoms. The molecule has 0 saturated heterocycles. The Morgan fingerprint density at radius 3 is 1.86 bits per heavy atom. The van der Waals surface area contributed by atoms with Crippen molar-refractivity contribution < 1.29 is 30.5 Å². The Morgan fingerprint density at radius 2 is 1.86 bits per heavy atom. The van der Waals surface area contributed by atoms with Gasteiger partial charge in [0.2, 0.25) is 0 Å². The zero-order valence-corrected chi connectivity index (χ0v) is 8.25. The van der Waals surface area contributed by atoms with Crippen LogP contribution in [0.4, 0.5) is 0 Å². The fourth-order valence-electron chi connectivity index (χ4n) is 0. The average molecular weight is 292 g/mol.